The number of hydrogen-bond acceptors (Lipinski definition) is 5. The molecular weight excluding hydrogens is 441 g/mol. The van der Waals surface area contributed by atoms with Gasteiger partial charge in [-0.2, -0.15) is 0 Å². The molecule has 0 unspecified atom stereocenters. The highest BCUT2D eigenvalue weighted by Crippen LogP contribution is 2.25. The molecule has 1 atom stereocenters. The van der Waals surface area contributed by atoms with Crippen LogP contribution in [-0.4, -0.2) is 37.6 Å². The van der Waals surface area contributed by atoms with Gasteiger partial charge in [0.15, 0.2) is 0 Å². The van der Waals surface area contributed by atoms with E-state index >= 15 is 0 Å². The van der Waals surface area contributed by atoms with Gasteiger partial charge in [-0.05, 0) is 41.3 Å². The Hall–Kier alpha value is -3.90. The molecule has 0 bridgehead atoms. The van der Waals surface area contributed by atoms with Crippen LogP contribution in [0.5, 0.6) is 0 Å². The van der Waals surface area contributed by atoms with Gasteiger partial charge in [0.05, 0.1) is 7.11 Å². The van der Waals surface area contributed by atoms with Crippen LogP contribution in [0.3, 0.4) is 0 Å². The molecule has 5 nitrogen and oxygen atoms in total. The average Bonchev–Trinajstić information content (AvgIpc) is 2.90. The van der Waals surface area contributed by atoms with Gasteiger partial charge in [-0.3, -0.25) is 4.90 Å². The molecule has 6 heteroatoms. The van der Waals surface area contributed by atoms with Crippen molar-refractivity contribution < 1.29 is 13.9 Å². The highest BCUT2D eigenvalue weighted by Gasteiger charge is 2.16. The maximum atomic E-state index is 13.5. The van der Waals surface area contributed by atoms with Gasteiger partial charge in [-0.1, -0.05) is 78.9 Å². The molecule has 0 spiro atoms. The van der Waals surface area contributed by atoms with Crippen LogP contribution < -0.4 is 11.1 Å². The van der Waals surface area contributed by atoms with Gasteiger partial charge in [0.2, 0.25) is 0 Å². The van der Waals surface area contributed by atoms with E-state index in [1.165, 1.54) is 25.4 Å². The van der Waals surface area contributed by atoms with Crippen LogP contribution in [0.15, 0.2) is 103 Å². The standard InChI is InChI=1S/C29H32FN3O2/c1-22(23-13-15-26(30)16-14-23)33(20-18-32-21-28(31)29(34)35-2)19-17-27(24-9-5-3-6-10-24)25-11-7-4-8-12-25/h3-17,21-22,32H,18-20,31H2,1-2H3/b28-21-/t22-/m1/s1. The van der Waals surface area contributed by atoms with Crippen molar-refractivity contribution in [3.8, 4) is 0 Å². The van der Waals surface area contributed by atoms with Gasteiger partial charge < -0.3 is 15.8 Å². The normalized spacial score (nSPS) is 12.2. The largest absolute Gasteiger partial charge is 0.464 e. The van der Waals surface area contributed by atoms with E-state index in [0.717, 1.165) is 22.3 Å². The zero-order chi connectivity index (χ0) is 25.0. The number of carbonyl (C=O) groups excluding carboxylic acids is 1. The molecule has 0 heterocycles. The van der Waals surface area contributed by atoms with Gasteiger partial charge in [-0.25, -0.2) is 9.18 Å². The molecule has 0 radical (unpaired) electrons. The summed E-state index contributed by atoms with van der Waals surface area (Å²) in [5.74, 6) is -0.833. The van der Waals surface area contributed by atoms with Gasteiger partial charge in [0.1, 0.15) is 11.5 Å². The summed E-state index contributed by atoms with van der Waals surface area (Å²) in [6.07, 6.45) is 3.69. The number of esters is 1. The van der Waals surface area contributed by atoms with Gasteiger partial charge >= 0.3 is 5.97 Å². The van der Waals surface area contributed by atoms with Crippen molar-refractivity contribution in [2.24, 2.45) is 5.73 Å². The van der Waals surface area contributed by atoms with E-state index in [2.05, 4.69) is 52.2 Å². The van der Waals surface area contributed by atoms with Crippen LogP contribution >= 0.6 is 0 Å². The maximum absolute atomic E-state index is 13.5. The molecule has 0 fully saturated rings. The minimum atomic E-state index is -0.577. The van der Waals surface area contributed by atoms with Crippen LogP contribution in [0.1, 0.15) is 29.7 Å². The summed E-state index contributed by atoms with van der Waals surface area (Å²) in [4.78, 5) is 13.8. The first-order valence-corrected chi connectivity index (χ1v) is 11.6. The number of methoxy groups -OCH3 is 1. The molecule has 0 saturated carbocycles. The molecule has 0 aromatic heterocycles. The van der Waals surface area contributed by atoms with E-state index in [1.54, 1.807) is 0 Å². The zero-order valence-electron chi connectivity index (χ0n) is 20.2. The Morgan fingerprint density at radius 3 is 2.11 bits per heavy atom. The lowest BCUT2D eigenvalue weighted by Crippen LogP contribution is -2.33. The Balaban J connectivity index is 1.84. The maximum Gasteiger partial charge on any atom is 0.355 e. The monoisotopic (exact) mass is 473 g/mol. The Bertz CT molecular complexity index is 1090. The summed E-state index contributed by atoms with van der Waals surface area (Å²) >= 11 is 0. The van der Waals surface area contributed by atoms with Crippen molar-refractivity contribution >= 4 is 11.5 Å². The number of ether oxygens (including phenoxy) is 1. The van der Waals surface area contributed by atoms with Gasteiger partial charge in [0, 0.05) is 31.9 Å². The SMILES string of the molecule is COC(=O)/C(N)=C/NCCN(CC=C(c1ccccc1)c1ccccc1)[C@H](C)c1ccc(F)cc1. The third kappa shape index (κ3) is 7.55. The predicted octanol–water partition coefficient (Wildman–Crippen LogP) is 4.88. The summed E-state index contributed by atoms with van der Waals surface area (Å²) in [7, 11) is 1.29. The van der Waals surface area contributed by atoms with Crippen LogP contribution in [-0.2, 0) is 9.53 Å². The minimum absolute atomic E-state index is 0.0148. The molecule has 3 aromatic rings. The second kappa shape index (κ2) is 13.1. The number of benzene rings is 3. The molecule has 3 rings (SSSR count). The first-order valence-electron chi connectivity index (χ1n) is 11.6. The second-order valence-electron chi connectivity index (χ2n) is 8.12. The van der Waals surface area contributed by atoms with Crippen molar-refractivity contribution in [2.45, 2.75) is 13.0 Å². The van der Waals surface area contributed by atoms with Crippen LogP contribution in [0.4, 0.5) is 4.39 Å². The number of hydrogen-bond donors (Lipinski definition) is 2. The molecule has 3 aromatic carbocycles. The van der Waals surface area contributed by atoms with E-state index in [0.29, 0.717) is 19.6 Å². The lowest BCUT2D eigenvalue weighted by molar-refractivity contribution is -0.136. The van der Waals surface area contributed by atoms with Crippen LogP contribution in [0.2, 0.25) is 0 Å². The Labute approximate surface area is 206 Å². The number of carbonyl (C=O) groups is 1. The van der Waals surface area contributed by atoms with Crippen molar-refractivity contribution in [1.29, 1.82) is 0 Å². The molecule has 0 amide bonds. The highest BCUT2D eigenvalue weighted by molar-refractivity contribution is 5.87. The van der Waals surface area contributed by atoms with Crippen LogP contribution in [0, 0.1) is 5.82 Å². The molecule has 182 valence electrons. The first kappa shape index (κ1) is 25.7. The Kier molecular flexibility index (Phi) is 9.63. The summed E-state index contributed by atoms with van der Waals surface area (Å²) in [5.41, 5.74) is 10.2. The second-order valence-corrected chi connectivity index (χ2v) is 8.12. The summed E-state index contributed by atoms with van der Waals surface area (Å²) < 4.78 is 18.1. The lowest BCUT2D eigenvalue weighted by Gasteiger charge is -2.29. The predicted molar refractivity (Wildman–Crippen MR) is 139 cm³/mol. The van der Waals surface area contributed by atoms with E-state index < -0.39 is 5.97 Å². The smallest absolute Gasteiger partial charge is 0.355 e. The van der Waals surface area contributed by atoms with Crippen molar-refractivity contribution in [3.63, 3.8) is 0 Å². The third-order valence-corrected chi connectivity index (χ3v) is 5.82. The first-order chi connectivity index (χ1) is 17.0. The number of rotatable bonds is 11. The van der Waals surface area contributed by atoms with Crippen molar-refractivity contribution in [3.05, 3.63) is 125 Å². The Morgan fingerprint density at radius 2 is 1.57 bits per heavy atom. The van der Waals surface area contributed by atoms with Gasteiger partial charge in [0.25, 0.3) is 0 Å². The van der Waals surface area contributed by atoms with Gasteiger partial charge in [-0.15, -0.1) is 0 Å². The number of halogens is 1. The molecular formula is C29H32FN3O2. The van der Waals surface area contributed by atoms with E-state index in [1.807, 2.05) is 48.5 Å². The van der Waals surface area contributed by atoms with E-state index in [-0.39, 0.29) is 17.6 Å². The third-order valence-electron chi connectivity index (χ3n) is 5.82. The summed E-state index contributed by atoms with van der Waals surface area (Å²) in [6.45, 7) is 3.99. The van der Waals surface area contributed by atoms with E-state index in [4.69, 9.17) is 5.73 Å². The fourth-order valence-electron chi connectivity index (χ4n) is 3.81. The molecule has 35 heavy (non-hydrogen) atoms. The molecule has 3 N–H and O–H groups in total. The molecule has 0 saturated heterocycles. The number of nitrogens with zero attached hydrogens (tertiary/aromatic N) is 1. The van der Waals surface area contributed by atoms with Crippen LogP contribution in [0.25, 0.3) is 5.57 Å². The topological polar surface area (TPSA) is 67.6 Å². The number of nitrogens with one attached hydrogen (secondary N) is 1. The molecule has 0 aliphatic rings. The van der Waals surface area contributed by atoms with Crippen molar-refractivity contribution in [1.82, 2.24) is 10.2 Å². The summed E-state index contributed by atoms with van der Waals surface area (Å²) in [6, 6.07) is 27.2. The summed E-state index contributed by atoms with van der Waals surface area (Å²) in [5, 5.41) is 3.09. The minimum Gasteiger partial charge on any atom is -0.464 e. The fraction of sp³-hybridized carbons (Fsp3) is 0.207. The van der Waals surface area contributed by atoms with Crippen molar-refractivity contribution in [2.75, 3.05) is 26.7 Å². The quantitative estimate of drug-likeness (QED) is 0.236. The average molecular weight is 474 g/mol. The number of nitrogens with two attached hydrogens (primary N) is 1. The highest BCUT2D eigenvalue weighted by atomic mass is 19.1. The zero-order valence-corrected chi connectivity index (χ0v) is 20.2. The molecule has 0 aliphatic carbocycles. The lowest BCUT2D eigenvalue weighted by atomic mass is 9.97. The Morgan fingerprint density at radius 1 is 1.00 bits per heavy atom. The van der Waals surface area contributed by atoms with E-state index in [9.17, 15) is 9.18 Å². The molecule has 0 aliphatic heterocycles. The fourth-order valence-corrected chi connectivity index (χ4v) is 3.81.